The Morgan fingerprint density at radius 3 is 1.72 bits per heavy atom. The van der Waals surface area contributed by atoms with Crippen molar-refractivity contribution < 1.29 is 22.1 Å². The van der Waals surface area contributed by atoms with Gasteiger partial charge in [-0.15, -0.1) is 6.58 Å². The van der Waals surface area contributed by atoms with Crippen molar-refractivity contribution in [3.8, 4) is 0 Å². The van der Waals surface area contributed by atoms with Gasteiger partial charge in [-0.05, 0) is 97.8 Å². The van der Waals surface area contributed by atoms with Crippen molar-refractivity contribution in [2.75, 3.05) is 5.75 Å². The molecule has 0 aliphatic heterocycles. The van der Waals surface area contributed by atoms with E-state index in [1.165, 1.54) is 0 Å². The highest BCUT2D eigenvalue weighted by molar-refractivity contribution is 7.91. The lowest BCUT2D eigenvalue weighted by atomic mass is 9.88. The van der Waals surface area contributed by atoms with Gasteiger partial charge >= 0.3 is 0 Å². The second kappa shape index (κ2) is 17.5. The normalized spacial score (nSPS) is 17.5. The number of allylic oxidation sites excluding steroid dienone is 1. The topological polar surface area (TPSA) is 69.7 Å². The lowest BCUT2D eigenvalue weighted by Gasteiger charge is -2.43. The monoisotopic (exact) mass is 694 g/mol. The van der Waals surface area contributed by atoms with E-state index in [0.29, 0.717) is 30.1 Å². The van der Waals surface area contributed by atoms with Crippen molar-refractivity contribution in [2.24, 2.45) is 23.7 Å². The molecular formula is C38H70O5SSi2. The maximum Gasteiger partial charge on any atom is 0.192 e. The van der Waals surface area contributed by atoms with E-state index in [1.807, 2.05) is 19.1 Å². The molecule has 0 N–H and O–H groups in total. The van der Waals surface area contributed by atoms with Crippen molar-refractivity contribution in [2.45, 2.75) is 161 Å². The quantitative estimate of drug-likeness (QED) is 0.100. The highest BCUT2D eigenvalue weighted by Gasteiger charge is 2.43. The summed E-state index contributed by atoms with van der Waals surface area (Å²) in [7, 11) is -7.62. The van der Waals surface area contributed by atoms with Crippen molar-refractivity contribution in [1.29, 1.82) is 0 Å². The predicted octanol–water partition coefficient (Wildman–Crippen LogP) is 10.9. The summed E-state index contributed by atoms with van der Waals surface area (Å²) in [5.74, 6) is 0.839. The standard InChI is InChI=1S/C38H70O5SSi2/c1-16-29(2)22-27-35(42-45(12,13)37(6,7)8)30(3)23-25-33(39)26-24-31(4)36(43-46(14,15)38(9,10)11)32(5)28-44(40,41)34-20-18-17-19-21-34/h16-21,29-32,35-36H,1,22-28H2,2-15H3/t29-,30-,31+,32-,35+,36-/m1/s1. The van der Waals surface area contributed by atoms with Crippen molar-refractivity contribution in [1.82, 2.24) is 0 Å². The summed E-state index contributed by atoms with van der Waals surface area (Å²) in [6.45, 7) is 35.0. The Kier molecular flexibility index (Phi) is 16.4. The lowest BCUT2D eigenvalue weighted by molar-refractivity contribution is -0.120. The Balaban J connectivity index is 3.00. The number of Topliss-reactive ketones (excluding diaryl/α,β-unsaturated/α-hetero) is 1. The first-order valence-electron chi connectivity index (χ1n) is 17.6. The minimum Gasteiger partial charge on any atom is -0.414 e. The minimum absolute atomic E-state index is 0.0125. The molecule has 0 spiro atoms. The van der Waals surface area contributed by atoms with E-state index < -0.39 is 26.5 Å². The molecule has 1 rings (SSSR count). The first-order valence-corrected chi connectivity index (χ1v) is 25.1. The molecule has 5 nitrogen and oxygen atoms in total. The summed E-state index contributed by atoms with van der Waals surface area (Å²) < 4.78 is 40.5. The zero-order valence-electron chi connectivity index (χ0n) is 32.0. The Morgan fingerprint density at radius 2 is 1.24 bits per heavy atom. The van der Waals surface area contributed by atoms with Crippen LogP contribution in [-0.4, -0.2) is 48.8 Å². The zero-order valence-corrected chi connectivity index (χ0v) is 34.9. The van der Waals surface area contributed by atoms with Gasteiger partial charge in [0.25, 0.3) is 0 Å². The number of hydrogen-bond donors (Lipinski definition) is 0. The molecule has 0 aliphatic rings. The average Bonchev–Trinajstić information content (AvgIpc) is 2.94. The SMILES string of the molecule is C=C[C@@H](C)CC[C@H](O[Si](C)(C)C(C)(C)C)[C@H](C)CCC(=O)CC[C@H](C)[C@@H](O[Si](C)(C)C(C)(C)C)[C@H](C)CS(=O)(=O)c1ccccc1. The van der Waals surface area contributed by atoms with Gasteiger partial charge in [0.1, 0.15) is 5.78 Å². The number of rotatable bonds is 20. The molecule has 8 heteroatoms. The number of carbonyl (C=O) groups excluding carboxylic acids is 1. The molecule has 0 heterocycles. The van der Waals surface area contributed by atoms with Gasteiger partial charge in [0, 0.05) is 18.9 Å². The fourth-order valence-corrected chi connectivity index (χ4v) is 9.89. The largest absolute Gasteiger partial charge is 0.414 e. The zero-order chi connectivity index (χ0) is 35.7. The van der Waals surface area contributed by atoms with E-state index in [4.69, 9.17) is 8.85 Å². The van der Waals surface area contributed by atoms with Gasteiger partial charge in [-0.2, -0.15) is 0 Å². The summed E-state index contributed by atoms with van der Waals surface area (Å²) in [6, 6.07) is 8.68. The van der Waals surface area contributed by atoms with Gasteiger partial charge in [0.2, 0.25) is 0 Å². The first kappa shape index (κ1) is 43.0. The molecule has 0 aliphatic carbocycles. The summed E-state index contributed by atoms with van der Waals surface area (Å²) in [5.41, 5.74) is 0. The number of benzene rings is 1. The van der Waals surface area contributed by atoms with E-state index in [-0.39, 0.29) is 51.6 Å². The highest BCUT2D eigenvalue weighted by Crippen LogP contribution is 2.41. The molecule has 0 fully saturated rings. The van der Waals surface area contributed by atoms with Crippen molar-refractivity contribution >= 4 is 32.3 Å². The van der Waals surface area contributed by atoms with E-state index in [2.05, 4.69) is 95.1 Å². The number of ketones is 1. The van der Waals surface area contributed by atoms with Gasteiger partial charge in [-0.1, -0.05) is 93.5 Å². The summed E-state index contributed by atoms with van der Waals surface area (Å²) in [6.07, 6.45) is 6.41. The molecule has 0 amide bonds. The molecule has 0 unspecified atom stereocenters. The highest BCUT2D eigenvalue weighted by atomic mass is 32.2. The minimum atomic E-state index is -3.47. The van der Waals surface area contributed by atoms with Crippen LogP contribution in [0.15, 0.2) is 47.9 Å². The first-order chi connectivity index (χ1) is 20.8. The molecule has 6 atom stereocenters. The van der Waals surface area contributed by atoms with Crippen LogP contribution in [0.2, 0.25) is 36.3 Å². The molecule has 0 aromatic heterocycles. The molecular weight excluding hydrogens is 625 g/mol. The Hall–Kier alpha value is -1.07. The smallest absolute Gasteiger partial charge is 0.192 e. The van der Waals surface area contributed by atoms with Crippen LogP contribution in [-0.2, 0) is 23.5 Å². The Morgan fingerprint density at radius 1 is 0.761 bits per heavy atom. The average molecular weight is 695 g/mol. The third-order valence-electron chi connectivity index (χ3n) is 10.9. The fraction of sp³-hybridized carbons (Fsp3) is 0.763. The van der Waals surface area contributed by atoms with Crippen LogP contribution in [0, 0.1) is 23.7 Å². The number of carbonyl (C=O) groups is 1. The van der Waals surface area contributed by atoms with Crippen LogP contribution in [0.4, 0.5) is 0 Å². The van der Waals surface area contributed by atoms with Crippen LogP contribution in [0.3, 0.4) is 0 Å². The van der Waals surface area contributed by atoms with Crippen LogP contribution in [0.25, 0.3) is 0 Å². The van der Waals surface area contributed by atoms with Gasteiger partial charge in [-0.25, -0.2) is 8.42 Å². The number of sulfone groups is 1. The Labute approximate surface area is 286 Å². The molecule has 46 heavy (non-hydrogen) atoms. The van der Waals surface area contributed by atoms with Gasteiger partial charge in [-0.3, -0.25) is 4.79 Å². The second-order valence-electron chi connectivity index (χ2n) is 17.2. The lowest BCUT2D eigenvalue weighted by Crippen LogP contribution is -2.48. The summed E-state index contributed by atoms with van der Waals surface area (Å²) in [4.78, 5) is 13.7. The van der Waals surface area contributed by atoms with Crippen LogP contribution >= 0.6 is 0 Å². The molecule has 0 radical (unpaired) electrons. The maximum atomic E-state index is 13.3. The van der Waals surface area contributed by atoms with Crippen molar-refractivity contribution in [3.05, 3.63) is 43.0 Å². The van der Waals surface area contributed by atoms with Crippen molar-refractivity contribution in [3.63, 3.8) is 0 Å². The third kappa shape index (κ3) is 13.4. The third-order valence-corrected chi connectivity index (χ3v) is 21.8. The molecule has 1 aromatic carbocycles. The molecule has 0 saturated carbocycles. The van der Waals surface area contributed by atoms with Crippen LogP contribution < -0.4 is 0 Å². The number of hydrogen-bond acceptors (Lipinski definition) is 5. The summed E-state index contributed by atoms with van der Waals surface area (Å²) in [5, 5.41) is 0.114. The fourth-order valence-electron chi connectivity index (χ4n) is 5.29. The van der Waals surface area contributed by atoms with E-state index in [9.17, 15) is 13.2 Å². The summed E-state index contributed by atoms with van der Waals surface area (Å²) >= 11 is 0. The van der Waals surface area contributed by atoms with Crippen LogP contribution in [0.5, 0.6) is 0 Å². The Bertz CT molecular complexity index is 1180. The maximum absolute atomic E-state index is 13.3. The molecule has 266 valence electrons. The van der Waals surface area contributed by atoms with Gasteiger partial charge < -0.3 is 8.85 Å². The van der Waals surface area contributed by atoms with Gasteiger partial charge in [0.05, 0.1) is 16.8 Å². The van der Waals surface area contributed by atoms with E-state index in [0.717, 1.165) is 19.3 Å². The van der Waals surface area contributed by atoms with Crippen LogP contribution in [0.1, 0.15) is 108 Å². The van der Waals surface area contributed by atoms with E-state index >= 15 is 0 Å². The predicted molar refractivity (Wildman–Crippen MR) is 202 cm³/mol. The second-order valence-corrected chi connectivity index (χ2v) is 28.7. The molecule has 1 aromatic rings. The van der Waals surface area contributed by atoms with E-state index in [1.54, 1.807) is 24.3 Å². The van der Waals surface area contributed by atoms with Gasteiger partial charge in [0.15, 0.2) is 26.5 Å². The molecule has 0 saturated heterocycles. The molecule has 0 bridgehead atoms.